The molecule has 0 heterocycles. The van der Waals surface area contributed by atoms with Gasteiger partial charge in [0.05, 0.1) is 6.54 Å². The van der Waals surface area contributed by atoms with E-state index < -0.39 is 0 Å². The van der Waals surface area contributed by atoms with Gasteiger partial charge in [-0.2, -0.15) is 0 Å². The minimum atomic E-state index is 0. The van der Waals surface area contributed by atoms with E-state index in [9.17, 15) is 0 Å². The number of aliphatic imine (C=N–C) groups is 1. The maximum absolute atomic E-state index is 5.36. The van der Waals surface area contributed by atoms with Crippen LogP contribution in [0.15, 0.2) is 29.3 Å². The molecular weight excluding hydrogens is 439 g/mol. The minimum Gasteiger partial charge on any atom is -0.382 e. The number of nitrogens with zero attached hydrogens (tertiary/aromatic N) is 2. The maximum Gasteiger partial charge on any atom is 0.191 e. The number of hydrogen-bond acceptors (Lipinski definition) is 3. The number of benzene rings is 1. The predicted molar refractivity (Wildman–Crippen MR) is 122 cm³/mol. The second-order valence-corrected chi connectivity index (χ2v) is 5.95. The van der Waals surface area contributed by atoms with Crippen LogP contribution in [0.4, 0.5) is 0 Å². The molecule has 1 aromatic rings. The van der Waals surface area contributed by atoms with Crippen molar-refractivity contribution in [2.45, 2.75) is 47.2 Å². The molecular formula is C20H37IN4O. The van der Waals surface area contributed by atoms with Crippen LogP contribution >= 0.6 is 24.0 Å². The van der Waals surface area contributed by atoms with E-state index in [-0.39, 0.29) is 24.0 Å². The summed E-state index contributed by atoms with van der Waals surface area (Å²) in [7, 11) is 0. The third-order valence-electron chi connectivity index (χ3n) is 4.05. The molecule has 1 aromatic carbocycles. The summed E-state index contributed by atoms with van der Waals surface area (Å²) in [6, 6.07) is 8.79. The number of hydrogen-bond donors (Lipinski definition) is 2. The Morgan fingerprint density at radius 3 is 2.23 bits per heavy atom. The van der Waals surface area contributed by atoms with Gasteiger partial charge >= 0.3 is 0 Å². The van der Waals surface area contributed by atoms with Crippen molar-refractivity contribution in [2.75, 3.05) is 39.4 Å². The summed E-state index contributed by atoms with van der Waals surface area (Å²) in [6.45, 7) is 15.7. The van der Waals surface area contributed by atoms with E-state index in [0.717, 1.165) is 58.3 Å². The van der Waals surface area contributed by atoms with Crippen LogP contribution in [0, 0.1) is 0 Å². The van der Waals surface area contributed by atoms with E-state index in [1.54, 1.807) is 0 Å². The van der Waals surface area contributed by atoms with Crippen molar-refractivity contribution in [2.24, 2.45) is 4.99 Å². The van der Waals surface area contributed by atoms with E-state index in [1.165, 1.54) is 11.1 Å². The average Bonchev–Trinajstić information content (AvgIpc) is 2.64. The van der Waals surface area contributed by atoms with E-state index in [2.05, 4.69) is 65.6 Å². The SMILES string of the molecule is CCNC(=NCc1ccc(CN(CC)CC)cc1)NCCCOCC.I. The highest BCUT2D eigenvalue weighted by Crippen LogP contribution is 2.08. The van der Waals surface area contributed by atoms with Crippen LogP contribution < -0.4 is 10.6 Å². The first-order valence-electron chi connectivity index (χ1n) is 9.63. The molecule has 0 amide bonds. The van der Waals surface area contributed by atoms with Crippen LogP contribution in [0.3, 0.4) is 0 Å². The van der Waals surface area contributed by atoms with Gasteiger partial charge in [0.1, 0.15) is 0 Å². The fourth-order valence-electron chi connectivity index (χ4n) is 2.49. The molecule has 0 aliphatic rings. The van der Waals surface area contributed by atoms with Gasteiger partial charge in [0, 0.05) is 32.8 Å². The molecule has 0 saturated heterocycles. The summed E-state index contributed by atoms with van der Waals surface area (Å²) < 4.78 is 5.36. The molecule has 0 aliphatic carbocycles. The lowest BCUT2D eigenvalue weighted by atomic mass is 10.1. The van der Waals surface area contributed by atoms with Gasteiger partial charge in [0.25, 0.3) is 0 Å². The molecule has 0 spiro atoms. The fraction of sp³-hybridized carbons (Fsp3) is 0.650. The van der Waals surface area contributed by atoms with Crippen molar-refractivity contribution in [1.82, 2.24) is 15.5 Å². The van der Waals surface area contributed by atoms with Crippen LogP contribution in [0.25, 0.3) is 0 Å². The quantitative estimate of drug-likeness (QED) is 0.209. The Morgan fingerprint density at radius 1 is 1.00 bits per heavy atom. The van der Waals surface area contributed by atoms with Crippen LogP contribution in [0.1, 0.15) is 45.2 Å². The smallest absolute Gasteiger partial charge is 0.191 e. The highest BCUT2D eigenvalue weighted by atomic mass is 127. The van der Waals surface area contributed by atoms with Crippen LogP contribution in [-0.2, 0) is 17.8 Å². The van der Waals surface area contributed by atoms with Crippen molar-refractivity contribution in [3.63, 3.8) is 0 Å². The number of halogens is 1. The lowest BCUT2D eigenvalue weighted by molar-refractivity contribution is 0.145. The number of nitrogens with one attached hydrogen (secondary N) is 2. The standard InChI is InChI=1S/C20H36N4O.HI/c1-5-21-20(22-14-9-15-25-8-4)23-16-18-10-12-19(13-11-18)17-24(6-2)7-3;/h10-13H,5-9,14-17H2,1-4H3,(H2,21,22,23);1H. The normalized spacial score (nSPS) is 11.3. The first kappa shape index (κ1) is 25.1. The lowest BCUT2D eigenvalue weighted by Crippen LogP contribution is -2.38. The molecule has 0 aromatic heterocycles. The monoisotopic (exact) mass is 476 g/mol. The van der Waals surface area contributed by atoms with Crippen molar-refractivity contribution in [3.8, 4) is 0 Å². The Bertz CT molecular complexity index is 475. The van der Waals surface area contributed by atoms with Gasteiger partial charge in [-0.3, -0.25) is 4.90 Å². The summed E-state index contributed by atoms with van der Waals surface area (Å²) in [4.78, 5) is 7.09. The second-order valence-electron chi connectivity index (χ2n) is 5.95. The molecule has 0 radical (unpaired) electrons. The molecule has 5 nitrogen and oxygen atoms in total. The van der Waals surface area contributed by atoms with Crippen LogP contribution in [0.5, 0.6) is 0 Å². The Hall–Kier alpha value is -0.860. The molecule has 0 unspecified atom stereocenters. The van der Waals surface area contributed by atoms with Gasteiger partial charge in [-0.1, -0.05) is 38.1 Å². The largest absolute Gasteiger partial charge is 0.382 e. The summed E-state index contributed by atoms with van der Waals surface area (Å²) in [5.74, 6) is 0.867. The summed E-state index contributed by atoms with van der Waals surface area (Å²) in [6.07, 6.45) is 0.984. The molecule has 2 N–H and O–H groups in total. The number of ether oxygens (including phenoxy) is 1. The average molecular weight is 476 g/mol. The van der Waals surface area contributed by atoms with E-state index in [4.69, 9.17) is 4.74 Å². The molecule has 0 bridgehead atoms. The van der Waals surface area contributed by atoms with Crippen molar-refractivity contribution >= 4 is 29.9 Å². The topological polar surface area (TPSA) is 48.9 Å². The third kappa shape index (κ3) is 11.0. The molecule has 26 heavy (non-hydrogen) atoms. The predicted octanol–water partition coefficient (Wildman–Crippen LogP) is 3.63. The lowest BCUT2D eigenvalue weighted by Gasteiger charge is -2.18. The summed E-state index contributed by atoms with van der Waals surface area (Å²) in [5.41, 5.74) is 2.59. The van der Waals surface area contributed by atoms with Gasteiger partial charge < -0.3 is 15.4 Å². The van der Waals surface area contributed by atoms with Gasteiger partial charge in [0.15, 0.2) is 5.96 Å². The Morgan fingerprint density at radius 2 is 1.65 bits per heavy atom. The van der Waals surface area contributed by atoms with Crippen molar-refractivity contribution in [3.05, 3.63) is 35.4 Å². The number of rotatable bonds is 12. The Balaban J connectivity index is 0.00000625. The van der Waals surface area contributed by atoms with Crippen molar-refractivity contribution < 1.29 is 4.74 Å². The third-order valence-corrected chi connectivity index (χ3v) is 4.05. The maximum atomic E-state index is 5.36. The van der Waals surface area contributed by atoms with Gasteiger partial charge in [-0.05, 0) is 44.5 Å². The fourth-order valence-corrected chi connectivity index (χ4v) is 2.49. The molecule has 1 rings (SSSR count). The first-order chi connectivity index (χ1) is 12.2. The summed E-state index contributed by atoms with van der Waals surface area (Å²) >= 11 is 0. The first-order valence-corrected chi connectivity index (χ1v) is 9.63. The molecule has 0 aliphatic heterocycles. The second kappa shape index (κ2) is 16.3. The van der Waals surface area contributed by atoms with Crippen molar-refractivity contribution in [1.29, 1.82) is 0 Å². The minimum absolute atomic E-state index is 0. The molecule has 150 valence electrons. The zero-order chi connectivity index (χ0) is 18.3. The zero-order valence-electron chi connectivity index (χ0n) is 16.9. The summed E-state index contributed by atoms with van der Waals surface area (Å²) in [5, 5.41) is 6.64. The zero-order valence-corrected chi connectivity index (χ0v) is 19.2. The van der Waals surface area contributed by atoms with Gasteiger partial charge in [0.2, 0.25) is 0 Å². The van der Waals surface area contributed by atoms with Gasteiger partial charge in [-0.15, -0.1) is 24.0 Å². The molecule has 0 fully saturated rings. The highest BCUT2D eigenvalue weighted by molar-refractivity contribution is 14.0. The van der Waals surface area contributed by atoms with Crippen LogP contribution in [-0.4, -0.2) is 50.3 Å². The van der Waals surface area contributed by atoms with Gasteiger partial charge in [-0.25, -0.2) is 4.99 Å². The van der Waals surface area contributed by atoms with E-state index in [1.807, 2.05) is 6.92 Å². The Labute approximate surface area is 177 Å². The molecule has 0 atom stereocenters. The molecule has 0 saturated carbocycles. The van der Waals surface area contributed by atoms with E-state index in [0.29, 0.717) is 6.54 Å². The number of guanidine groups is 1. The molecule has 6 heteroatoms. The Kier molecular flexibility index (Phi) is 15.8. The highest BCUT2D eigenvalue weighted by Gasteiger charge is 2.02. The van der Waals surface area contributed by atoms with Crippen LogP contribution in [0.2, 0.25) is 0 Å². The van der Waals surface area contributed by atoms with E-state index >= 15 is 0 Å².